The normalized spacial score (nSPS) is 17.3. The second-order valence-corrected chi connectivity index (χ2v) is 11.4. The van der Waals surface area contributed by atoms with Gasteiger partial charge in [-0.1, -0.05) is 23.7 Å². The molecule has 0 atom stereocenters. The molecule has 1 amide bonds. The Morgan fingerprint density at radius 2 is 1.73 bits per heavy atom. The molecule has 2 aliphatic rings. The highest BCUT2D eigenvalue weighted by atomic mass is 35.5. The molecule has 0 bridgehead atoms. The van der Waals surface area contributed by atoms with Gasteiger partial charge in [0.1, 0.15) is 0 Å². The molecule has 0 spiro atoms. The van der Waals surface area contributed by atoms with Gasteiger partial charge in [0.25, 0.3) is 0 Å². The van der Waals surface area contributed by atoms with Gasteiger partial charge in [-0.15, -0.1) is 11.8 Å². The Bertz CT molecular complexity index is 1070. The summed E-state index contributed by atoms with van der Waals surface area (Å²) in [6.45, 7) is 3.23. The van der Waals surface area contributed by atoms with E-state index in [1.165, 1.54) is 16.1 Å². The number of carbonyl (C=O) groups excluding carboxylic acids is 1. The number of ether oxygens (including phenoxy) is 1. The van der Waals surface area contributed by atoms with Gasteiger partial charge in [-0.3, -0.25) is 4.79 Å². The first kappa shape index (κ1) is 24.3. The van der Waals surface area contributed by atoms with Gasteiger partial charge in [0.2, 0.25) is 15.9 Å². The monoisotopic (exact) mass is 509 g/mol. The number of carbonyl (C=O) groups is 1. The molecule has 0 unspecified atom stereocenters. The van der Waals surface area contributed by atoms with Crippen molar-refractivity contribution in [2.24, 2.45) is 0 Å². The molecule has 33 heavy (non-hydrogen) atoms. The van der Waals surface area contributed by atoms with E-state index in [0.29, 0.717) is 42.8 Å². The maximum Gasteiger partial charge on any atom is 0.243 e. The molecule has 0 aromatic heterocycles. The number of rotatable bonds is 8. The Hall–Kier alpha value is -1.78. The van der Waals surface area contributed by atoms with E-state index in [4.69, 9.17) is 16.3 Å². The summed E-state index contributed by atoms with van der Waals surface area (Å²) in [5.74, 6) is 0.799. The first-order valence-corrected chi connectivity index (χ1v) is 14.0. The standard InChI is InChI=1S/C23H28ClN3O4S2/c24-19-5-3-18(4-6-19)16-32-17-23(28)25-21-15-20(7-8-22(21)26-9-1-2-10-26)33(29,30)27-11-13-31-14-12-27/h3-8,15H,1-2,9-14,16-17H2,(H,25,28). The van der Waals surface area contributed by atoms with Crippen LogP contribution in [0.1, 0.15) is 18.4 Å². The molecule has 2 fully saturated rings. The Balaban J connectivity index is 1.48. The Labute approximate surface area is 204 Å². The highest BCUT2D eigenvalue weighted by molar-refractivity contribution is 7.99. The maximum absolute atomic E-state index is 13.1. The predicted octanol–water partition coefficient (Wildman–Crippen LogP) is 3.83. The summed E-state index contributed by atoms with van der Waals surface area (Å²) < 4.78 is 33.0. The van der Waals surface area contributed by atoms with Crippen molar-refractivity contribution >= 4 is 50.7 Å². The zero-order valence-electron chi connectivity index (χ0n) is 18.3. The average molecular weight is 510 g/mol. The molecular formula is C23H28ClN3O4S2. The fourth-order valence-electron chi connectivity index (χ4n) is 3.97. The van der Waals surface area contributed by atoms with Crippen LogP contribution in [0.4, 0.5) is 11.4 Å². The van der Waals surface area contributed by atoms with Crippen molar-refractivity contribution in [1.82, 2.24) is 4.31 Å². The summed E-state index contributed by atoms with van der Waals surface area (Å²) in [7, 11) is -3.65. The number of anilines is 2. The summed E-state index contributed by atoms with van der Waals surface area (Å²) in [6.07, 6.45) is 2.16. The second-order valence-electron chi connectivity index (χ2n) is 8.06. The van der Waals surface area contributed by atoms with Crippen molar-refractivity contribution in [2.75, 3.05) is 55.4 Å². The zero-order chi connectivity index (χ0) is 23.3. The van der Waals surface area contributed by atoms with E-state index in [1.54, 1.807) is 12.1 Å². The molecular weight excluding hydrogens is 482 g/mol. The van der Waals surface area contributed by atoms with Crippen LogP contribution in [-0.2, 0) is 25.3 Å². The van der Waals surface area contributed by atoms with E-state index in [-0.39, 0.29) is 16.6 Å². The smallest absolute Gasteiger partial charge is 0.243 e. The van der Waals surface area contributed by atoms with Gasteiger partial charge in [-0.05, 0) is 48.7 Å². The average Bonchev–Trinajstić information content (AvgIpc) is 3.36. The van der Waals surface area contributed by atoms with Crippen LogP contribution in [0.25, 0.3) is 0 Å². The van der Waals surface area contributed by atoms with Crippen molar-refractivity contribution in [2.45, 2.75) is 23.5 Å². The number of sulfonamides is 1. The fraction of sp³-hybridized carbons (Fsp3) is 0.435. The van der Waals surface area contributed by atoms with Crippen LogP contribution in [0.15, 0.2) is 47.4 Å². The molecule has 2 aromatic rings. The minimum atomic E-state index is -3.65. The number of hydrogen-bond acceptors (Lipinski definition) is 6. The number of thioether (sulfide) groups is 1. The number of benzene rings is 2. The SMILES string of the molecule is O=C(CSCc1ccc(Cl)cc1)Nc1cc(S(=O)(=O)N2CCOCC2)ccc1N1CCCC1. The summed E-state index contributed by atoms with van der Waals surface area (Å²) >= 11 is 7.42. The Kier molecular flexibility index (Phi) is 8.19. The minimum Gasteiger partial charge on any atom is -0.379 e. The number of morpholine rings is 1. The molecule has 0 saturated carbocycles. The van der Waals surface area contributed by atoms with Crippen molar-refractivity contribution in [1.29, 1.82) is 0 Å². The molecule has 0 aliphatic carbocycles. The van der Waals surface area contributed by atoms with E-state index >= 15 is 0 Å². The predicted molar refractivity (Wildman–Crippen MR) is 134 cm³/mol. The molecule has 2 aliphatic heterocycles. The molecule has 2 saturated heterocycles. The molecule has 10 heteroatoms. The lowest BCUT2D eigenvalue weighted by atomic mass is 10.2. The number of halogens is 1. The molecule has 2 aromatic carbocycles. The van der Waals surface area contributed by atoms with Crippen LogP contribution >= 0.6 is 23.4 Å². The Morgan fingerprint density at radius 1 is 1.03 bits per heavy atom. The van der Waals surface area contributed by atoms with Crippen molar-refractivity contribution in [3.05, 3.63) is 53.1 Å². The number of nitrogens with one attached hydrogen (secondary N) is 1. The van der Waals surface area contributed by atoms with E-state index in [0.717, 1.165) is 37.2 Å². The second kappa shape index (κ2) is 11.1. The molecule has 2 heterocycles. The summed E-state index contributed by atoms with van der Waals surface area (Å²) in [5, 5.41) is 3.65. The lowest BCUT2D eigenvalue weighted by molar-refractivity contribution is -0.113. The van der Waals surface area contributed by atoms with Gasteiger partial charge >= 0.3 is 0 Å². The lowest BCUT2D eigenvalue weighted by Gasteiger charge is -2.27. The van der Waals surface area contributed by atoms with Crippen LogP contribution in [0.2, 0.25) is 5.02 Å². The van der Waals surface area contributed by atoms with Crippen LogP contribution in [-0.4, -0.2) is 63.8 Å². The van der Waals surface area contributed by atoms with Gasteiger partial charge in [-0.2, -0.15) is 4.31 Å². The minimum absolute atomic E-state index is 0.157. The first-order chi connectivity index (χ1) is 15.9. The van der Waals surface area contributed by atoms with Crippen LogP contribution in [0.5, 0.6) is 0 Å². The van der Waals surface area contributed by atoms with Crippen molar-refractivity contribution in [3.8, 4) is 0 Å². The van der Waals surface area contributed by atoms with E-state index < -0.39 is 10.0 Å². The Morgan fingerprint density at radius 3 is 2.42 bits per heavy atom. The summed E-state index contributed by atoms with van der Waals surface area (Å²) in [5.41, 5.74) is 2.50. The summed E-state index contributed by atoms with van der Waals surface area (Å²) in [6, 6.07) is 12.6. The third kappa shape index (κ3) is 6.22. The number of amides is 1. The van der Waals surface area contributed by atoms with Crippen molar-refractivity contribution < 1.29 is 17.9 Å². The molecule has 4 rings (SSSR count). The van der Waals surface area contributed by atoms with Gasteiger partial charge in [0, 0.05) is 37.0 Å². The largest absolute Gasteiger partial charge is 0.379 e. The topological polar surface area (TPSA) is 79.0 Å². The van der Waals surface area contributed by atoms with Crippen LogP contribution in [0, 0.1) is 0 Å². The van der Waals surface area contributed by atoms with Crippen LogP contribution < -0.4 is 10.2 Å². The van der Waals surface area contributed by atoms with Gasteiger partial charge in [0.05, 0.1) is 35.2 Å². The quantitative estimate of drug-likeness (QED) is 0.582. The third-order valence-electron chi connectivity index (χ3n) is 5.71. The van der Waals surface area contributed by atoms with E-state index in [1.807, 2.05) is 30.3 Å². The highest BCUT2D eigenvalue weighted by Gasteiger charge is 2.28. The fourth-order valence-corrected chi connectivity index (χ4v) is 6.32. The number of nitrogens with zero attached hydrogens (tertiary/aromatic N) is 2. The lowest BCUT2D eigenvalue weighted by Crippen LogP contribution is -2.40. The zero-order valence-corrected chi connectivity index (χ0v) is 20.7. The highest BCUT2D eigenvalue weighted by Crippen LogP contribution is 2.32. The van der Waals surface area contributed by atoms with E-state index in [9.17, 15) is 13.2 Å². The van der Waals surface area contributed by atoms with Gasteiger partial charge in [0.15, 0.2) is 0 Å². The summed E-state index contributed by atoms with van der Waals surface area (Å²) in [4.78, 5) is 15.1. The maximum atomic E-state index is 13.1. The molecule has 7 nitrogen and oxygen atoms in total. The molecule has 0 radical (unpaired) electrons. The van der Waals surface area contributed by atoms with Crippen molar-refractivity contribution in [3.63, 3.8) is 0 Å². The van der Waals surface area contributed by atoms with E-state index in [2.05, 4.69) is 10.2 Å². The molecule has 178 valence electrons. The third-order valence-corrected chi connectivity index (χ3v) is 8.86. The first-order valence-electron chi connectivity index (χ1n) is 11.0. The van der Waals surface area contributed by atoms with Gasteiger partial charge < -0.3 is 15.0 Å². The van der Waals surface area contributed by atoms with Crippen LogP contribution in [0.3, 0.4) is 0 Å². The van der Waals surface area contributed by atoms with Gasteiger partial charge in [-0.25, -0.2) is 8.42 Å². The molecule has 1 N–H and O–H groups in total. The number of hydrogen-bond donors (Lipinski definition) is 1.